The van der Waals surface area contributed by atoms with Crippen LogP contribution in [-0.4, -0.2) is 34.8 Å². The van der Waals surface area contributed by atoms with Gasteiger partial charge in [0, 0.05) is 6.54 Å². The Balaban J connectivity index is 2.24. The quantitative estimate of drug-likeness (QED) is 0.802. The van der Waals surface area contributed by atoms with E-state index in [9.17, 15) is 9.59 Å². The molecule has 96 valence electrons. The molecular formula is C13H22N2O2. The van der Waals surface area contributed by atoms with Gasteiger partial charge in [-0.3, -0.25) is 9.59 Å². The highest BCUT2D eigenvalue weighted by molar-refractivity contribution is 5.99. The van der Waals surface area contributed by atoms with Crippen LogP contribution in [0.2, 0.25) is 0 Å². The van der Waals surface area contributed by atoms with E-state index in [4.69, 9.17) is 0 Å². The first-order chi connectivity index (χ1) is 7.83. The fourth-order valence-electron chi connectivity index (χ4n) is 2.53. The molecule has 1 aliphatic carbocycles. The van der Waals surface area contributed by atoms with Crippen LogP contribution < -0.4 is 5.32 Å². The molecule has 4 nitrogen and oxygen atoms in total. The molecule has 17 heavy (non-hydrogen) atoms. The highest BCUT2D eigenvalue weighted by Gasteiger charge is 2.50. The summed E-state index contributed by atoms with van der Waals surface area (Å²) >= 11 is 0. The van der Waals surface area contributed by atoms with Crippen molar-refractivity contribution < 1.29 is 9.59 Å². The van der Waals surface area contributed by atoms with Crippen LogP contribution in [0.5, 0.6) is 0 Å². The summed E-state index contributed by atoms with van der Waals surface area (Å²) in [5, 5.41) is 2.85. The molecule has 2 fully saturated rings. The monoisotopic (exact) mass is 238 g/mol. The average molecular weight is 238 g/mol. The number of piperazine rings is 1. The lowest BCUT2D eigenvalue weighted by Gasteiger charge is -2.43. The van der Waals surface area contributed by atoms with Gasteiger partial charge in [-0.15, -0.1) is 0 Å². The summed E-state index contributed by atoms with van der Waals surface area (Å²) in [5.41, 5.74) is -0.753. The highest BCUT2D eigenvalue weighted by Crippen LogP contribution is 2.38. The molecule has 1 unspecified atom stereocenters. The molecule has 0 bridgehead atoms. The first-order valence-corrected chi connectivity index (χ1v) is 6.46. The van der Waals surface area contributed by atoms with E-state index in [1.54, 1.807) is 18.7 Å². The molecule has 0 aromatic heterocycles. The van der Waals surface area contributed by atoms with E-state index in [-0.39, 0.29) is 17.9 Å². The zero-order valence-electron chi connectivity index (χ0n) is 11.1. The maximum atomic E-state index is 12.4. The minimum atomic E-state index is -0.753. The zero-order chi connectivity index (χ0) is 12.8. The molecule has 0 radical (unpaired) electrons. The molecular weight excluding hydrogens is 216 g/mol. The van der Waals surface area contributed by atoms with Crippen LogP contribution in [0.4, 0.5) is 0 Å². The molecule has 1 saturated heterocycles. The summed E-state index contributed by atoms with van der Waals surface area (Å²) in [5.74, 6) is 0.858. The summed E-state index contributed by atoms with van der Waals surface area (Å²) in [6.45, 7) is 8.40. The molecule has 0 aromatic rings. The molecule has 1 N–H and O–H groups in total. The van der Waals surface area contributed by atoms with Crippen LogP contribution in [0, 0.1) is 11.8 Å². The first kappa shape index (κ1) is 12.4. The van der Waals surface area contributed by atoms with Gasteiger partial charge < -0.3 is 10.2 Å². The number of nitrogens with zero attached hydrogens (tertiary/aromatic N) is 1. The predicted octanol–water partition coefficient (Wildman–Crippen LogP) is 1.16. The molecule has 1 aliphatic heterocycles. The van der Waals surface area contributed by atoms with Crippen molar-refractivity contribution in [3.63, 3.8) is 0 Å². The number of carbonyl (C=O) groups excluding carboxylic acids is 2. The van der Waals surface area contributed by atoms with Gasteiger partial charge in [-0.2, -0.15) is 0 Å². The molecule has 2 rings (SSSR count). The Morgan fingerprint density at radius 3 is 2.41 bits per heavy atom. The van der Waals surface area contributed by atoms with E-state index in [1.807, 2.05) is 0 Å². The number of hydrogen-bond acceptors (Lipinski definition) is 2. The SMILES string of the molecule is CC(C)CN1C(=O)C(C)(C)NC(=O)C1C1CC1. The standard InChI is InChI=1S/C13H22N2O2/c1-8(2)7-15-10(9-5-6-9)11(16)14-13(3,4)12(15)17/h8-10H,5-7H2,1-4H3,(H,14,16). The third kappa shape index (κ3) is 2.31. The lowest BCUT2D eigenvalue weighted by atomic mass is 9.94. The van der Waals surface area contributed by atoms with Gasteiger partial charge in [-0.25, -0.2) is 0 Å². The van der Waals surface area contributed by atoms with E-state index >= 15 is 0 Å². The Bertz CT molecular complexity index is 345. The second kappa shape index (κ2) is 4.00. The van der Waals surface area contributed by atoms with Gasteiger partial charge in [0.25, 0.3) is 0 Å². The van der Waals surface area contributed by atoms with Gasteiger partial charge in [-0.1, -0.05) is 13.8 Å². The zero-order valence-corrected chi connectivity index (χ0v) is 11.1. The van der Waals surface area contributed by atoms with Gasteiger partial charge >= 0.3 is 0 Å². The molecule has 1 atom stereocenters. The summed E-state index contributed by atoms with van der Waals surface area (Å²) in [7, 11) is 0. The second-order valence-electron chi connectivity index (χ2n) is 6.25. The van der Waals surface area contributed by atoms with E-state index in [0.717, 1.165) is 12.8 Å². The fourth-order valence-corrected chi connectivity index (χ4v) is 2.53. The lowest BCUT2D eigenvalue weighted by Crippen LogP contribution is -2.69. The van der Waals surface area contributed by atoms with Crippen molar-refractivity contribution in [3.8, 4) is 0 Å². The summed E-state index contributed by atoms with van der Waals surface area (Å²) in [6, 6.07) is -0.224. The van der Waals surface area contributed by atoms with Crippen molar-refractivity contribution in [3.05, 3.63) is 0 Å². The summed E-state index contributed by atoms with van der Waals surface area (Å²) < 4.78 is 0. The summed E-state index contributed by atoms with van der Waals surface area (Å²) in [6.07, 6.45) is 2.14. The molecule has 1 heterocycles. The lowest BCUT2D eigenvalue weighted by molar-refractivity contribution is -0.155. The van der Waals surface area contributed by atoms with Crippen molar-refractivity contribution in [2.45, 2.75) is 52.1 Å². The Labute approximate surface area is 103 Å². The molecule has 4 heteroatoms. The topological polar surface area (TPSA) is 49.4 Å². The van der Waals surface area contributed by atoms with Crippen molar-refractivity contribution >= 4 is 11.8 Å². The normalized spacial score (nSPS) is 28.5. The van der Waals surface area contributed by atoms with E-state index in [0.29, 0.717) is 18.4 Å². The van der Waals surface area contributed by atoms with E-state index in [2.05, 4.69) is 19.2 Å². The van der Waals surface area contributed by atoms with Crippen molar-refractivity contribution in [1.82, 2.24) is 10.2 Å². The van der Waals surface area contributed by atoms with Crippen molar-refractivity contribution in [2.75, 3.05) is 6.54 Å². The molecule has 1 saturated carbocycles. The van der Waals surface area contributed by atoms with Gasteiger partial charge in [0.2, 0.25) is 11.8 Å². The highest BCUT2D eigenvalue weighted by atomic mass is 16.2. The fraction of sp³-hybridized carbons (Fsp3) is 0.846. The number of carbonyl (C=O) groups is 2. The van der Waals surface area contributed by atoms with Crippen LogP contribution in [0.15, 0.2) is 0 Å². The molecule has 2 aliphatic rings. The van der Waals surface area contributed by atoms with Gasteiger partial charge in [0.1, 0.15) is 11.6 Å². The number of hydrogen-bond donors (Lipinski definition) is 1. The Morgan fingerprint density at radius 1 is 1.35 bits per heavy atom. The minimum Gasteiger partial charge on any atom is -0.340 e. The average Bonchev–Trinajstić information content (AvgIpc) is 2.96. The number of nitrogens with one attached hydrogen (secondary N) is 1. The number of rotatable bonds is 3. The summed E-state index contributed by atoms with van der Waals surface area (Å²) in [4.78, 5) is 26.3. The smallest absolute Gasteiger partial charge is 0.248 e. The minimum absolute atomic E-state index is 0.0257. The third-order valence-electron chi connectivity index (χ3n) is 3.47. The van der Waals surface area contributed by atoms with Crippen molar-refractivity contribution in [2.24, 2.45) is 11.8 Å². The maximum absolute atomic E-state index is 12.4. The van der Waals surface area contributed by atoms with Gasteiger partial charge in [0.15, 0.2) is 0 Å². The van der Waals surface area contributed by atoms with Crippen LogP contribution >= 0.6 is 0 Å². The van der Waals surface area contributed by atoms with E-state index in [1.165, 1.54) is 0 Å². The van der Waals surface area contributed by atoms with Crippen LogP contribution in [-0.2, 0) is 9.59 Å². The molecule has 2 amide bonds. The van der Waals surface area contributed by atoms with Gasteiger partial charge in [-0.05, 0) is 38.5 Å². The first-order valence-electron chi connectivity index (χ1n) is 6.46. The maximum Gasteiger partial charge on any atom is 0.248 e. The van der Waals surface area contributed by atoms with Crippen LogP contribution in [0.3, 0.4) is 0 Å². The van der Waals surface area contributed by atoms with Crippen LogP contribution in [0.25, 0.3) is 0 Å². The van der Waals surface area contributed by atoms with Crippen LogP contribution in [0.1, 0.15) is 40.5 Å². The number of amides is 2. The molecule has 0 aromatic carbocycles. The largest absolute Gasteiger partial charge is 0.340 e. The Hall–Kier alpha value is -1.06. The predicted molar refractivity (Wildman–Crippen MR) is 65.3 cm³/mol. The van der Waals surface area contributed by atoms with E-state index < -0.39 is 5.54 Å². The van der Waals surface area contributed by atoms with Crippen molar-refractivity contribution in [1.29, 1.82) is 0 Å². The Kier molecular flexibility index (Phi) is 2.92. The second-order valence-corrected chi connectivity index (χ2v) is 6.25. The van der Waals surface area contributed by atoms with Gasteiger partial charge in [0.05, 0.1) is 0 Å². The molecule has 0 spiro atoms. The Morgan fingerprint density at radius 2 is 1.94 bits per heavy atom. The third-order valence-corrected chi connectivity index (χ3v) is 3.47.